The Morgan fingerprint density at radius 3 is 1.62 bits per heavy atom. The van der Waals surface area contributed by atoms with Gasteiger partial charge in [-0.05, 0) is 166 Å². The first kappa shape index (κ1) is 124. The predicted octanol–water partition coefficient (Wildman–Crippen LogP) is 6.50. The lowest BCUT2D eigenvalue weighted by atomic mass is 9.87. The lowest BCUT2D eigenvalue weighted by molar-refractivity contribution is -0.147. The number of aliphatic carboxylic acids is 4. The van der Waals surface area contributed by atoms with E-state index in [4.69, 9.17) is 14.6 Å². The third-order valence-electron chi connectivity index (χ3n) is 24.3. The fourth-order valence-electron chi connectivity index (χ4n) is 16.0. The van der Waals surface area contributed by atoms with E-state index in [0.717, 1.165) is 27.2 Å². The molecular weight excluding hydrogens is 1990 g/mol. The Morgan fingerprint density at radius 2 is 1.07 bits per heavy atom. The van der Waals surface area contributed by atoms with Crippen LogP contribution in [-0.2, 0) is 146 Å². The summed E-state index contributed by atoms with van der Waals surface area (Å²) in [6.07, 6.45) is -1.60. The monoisotopic (exact) mass is 2130 g/mol. The molecule has 1 aliphatic heterocycles. The number of Topliss-reactive ketones (excluding diaryl/α,β-unsaturated/α-hetero) is 7. The molecule has 2 unspecified atom stereocenters. The molecule has 5 aromatic carbocycles. The van der Waals surface area contributed by atoms with Crippen molar-refractivity contribution in [3.8, 4) is 23.0 Å². The zero-order chi connectivity index (χ0) is 110. The molecule has 1 fully saturated rings. The number of thioether (sulfide) groups is 1. The van der Waals surface area contributed by atoms with Gasteiger partial charge in [0.25, 0.3) is 0 Å². The maximum absolute atomic E-state index is 15.2. The second-order valence-electron chi connectivity index (χ2n) is 37.5. The number of aromatic nitrogens is 3. The molecule has 6 aromatic rings. The van der Waals surface area contributed by atoms with E-state index in [0.29, 0.717) is 47.4 Å². The molecule has 14 atom stereocenters. The summed E-state index contributed by atoms with van der Waals surface area (Å²) in [7, 11) is 3.41. The van der Waals surface area contributed by atoms with Gasteiger partial charge in [0.1, 0.15) is 46.6 Å². The molecular formula is C105H138N12O29S3. The van der Waals surface area contributed by atoms with Crippen LogP contribution in [0.4, 0.5) is 0 Å². The zero-order valence-corrected chi connectivity index (χ0v) is 87.4. The molecule has 0 saturated carbocycles. The fourth-order valence-corrected chi connectivity index (χ4v) is 19.1. The number of ketones is 7. The van der Waals surface area contributed by atoms with Gasteiger partial charge < -0.3 is 98.2 Å². The van der Waals surface area contributed by atoms with Crippen molar-refractivity contribution in [2.24, 2.45) is 41.4 Å². The van der Waals surface area contributed by atoms with Gasteiger partial charge in [-0.2, -0.15) is 11.8 Å². The van der Waals surface area contributed by atoms with Gasteiger partial charge in [0.2, 0.25) is 47.3 Å². The Balaban J connectivity index is 0.00000123. The van der Waals surface area contributed by atoms with E-state index >= 15 is 14.4 Å². The van der Waals surface area contributed by atoms with Gasteiger partial charge in [0.05, 0.1) is 99.4 Å². The number of rotatable bonds is 55. The van der Waals surface area contributed by atoms with E-state index in [1.54, 1.807) is 60.9 Å². The van der Waals surface area contributed by atoms with Crippen LogP contribution in [0, 0.1) is 41.4 Å². The lowest BCUT2D eigenvalue weighted by Gasteiger charge is -2.28. The number of phenols is 4. The first-order valence-electron chi connectivity index (χ1n) is 48.9. The van der Waals surface area contributed by atoms with Gasteiger partial charge >= 0.3 is 23.9 Å². The highest BCUT2D eigenvalue weighted by molar-refractivity contribution is 8.76. The molecule has 0 spiro atoms. The van der Waals surface area contributed by atoms with Gasteiger partial charge in [-0.25, -0.2) is 14.3 Å². The van der Waals surface area contributed by atoms with Crippen molar-refractivity contribution >= 4 is 145 Å². The second kappa shape index (κ2) is 64.6. The molecule has 8 amide bonds. The Hall–Kier alpha value is -13.6. The van der Waals surface area contributed by atoms with E-state index in [1.807, 2.05) is 13.8 Å². The summed E-state index contributed by atoms with van der Waals surface area (Å²) >= 11 is 1.30. The maximum atomic E-state index is 15.2. The molecule has 1 aromatic heterocycles. The quantitative estimate of drug-likeness (QED) is 0.00838. The summed E-state index contributed by atoms with van der Waals surface area (Å²) < 4.78 is 12.6. The average molecular weight is 2130 g/mol. The van der Waals surface area contributed by atoms with Gasteiger partial charge in [0.15, 0.2) is 35.0 Å². The summed E-state index contributed by atoms with van der Waals surface area (Å²) in [5, 5.41) is 112. The minimum absolute atomic E-state index is 0.00302. The molecule has 44 heteroatoms. The number of benzene rings is 5. The summed E-state index contributed by atoms with van der Waals surface area (Å²) in [5.41, 5.74) is 3.00. The number of ether oxygens (including phenoxy) is 2. The Labute approximate surface area is 876 Å². The summed E-state index contributed by atoms with van der Waals surface area (Å²) in [4.78, 5) is 257. The number of nitrogens with zero attached hydrogens (tertiary/aromatic N) is 3. The molecule has 7 rings (SSSR count). The predicted molar refractivity (Wildman–Crippen MR) is 553 cm³/mol. The number of carboxylic acid groups (broad SMARTS) is 4. The molecule has 41 nitrogen and oxygen atoms in total. The maximum Gasteiger partial charge on any atom is 0.334 e. The van der Waals surface area contributed by atoms with E-state index in [2.05, 4.69) is 64.7 Å². The van der Waals surface area contributed by atoms with Crippen molar-refractivity contribution in [1.82, 2.24) is 62.8 Å². The summed E-state index contributed by atoms with van der Waals surface area (Å²) in [5.74, 6) is -23.1. The highest BCUT2D eigenvalue weighted by atomic mass is 33.1. The van der Waals surface area contributed by atoms with E-state index in [9.17, 15) is 112 Å². The smallest absolute Gasteiger partial charge is 0.334 e. The standard InChI is InChI=1S/C86H111N11O25S3.C19H27NO4/c1-49(2)78(85(117)118)93-82(114)57(43-76(108)109)41-72(104)63(28-34-123-6)90-81(113)56(37-53-14-20-60(98)21-15-53)35-50(3)68-48-125-124-47-58(42-73(105)65(38-54-16-22-61(99)23-17-54)88-75(107)44-59-46-97(96-95-59)29-31-122-33-32-121-30-10-13-69(101)64(87-5)45-77(110)111)83(115)94-79(86(119)120)70(102)26-27-74(106)89-67(40-52-11-8-7-9-12-52)84(116)91-66(39-55-18-24-62(100)25-19-55)71(103)36-51(4)80(112)92-68;1-12(2)9-16(13(3)21)11-19(24)18(20-14(4)22)10-15-5-7-17(23)8-6-15/h7-9,11-12,14-25,46,49,51,56-58,63-68,78-79,87,98-100H,3,10,13,26-45,47-48H2,1-2,4-6H3,(H,88,107)(H,89,106)(H,90,113)(H,91,116)(H,92,112)(H,93,114)(H,94,115)(H,108,109)(H,110,111)(H,117,118)(H,119,120);5-8,12,16,18,23H,9-11H2,1-4H3,(H,20,22)/t51-,56+,57+,58?,63+,64-,65+,66+,67-,68?,78+,79-;16-,18-/m00/s1. The number of nitrogens with one attached hydrogen (secondary N) is 9. The second-order valence-corrected chi connectivity index (χ2v) is 41.0. The van der Waals surface area contributed by atoms with Crippen LogP contribution in [-0.4, -0.2) is 279 Å². The summed E-state index contributed by atoms with van der Waals surface area (Å²) in [6.45, 7) is 16.6. The normalized spacial score (nSPS) is 17.8. The van der Waals surface area contributed by atoms with Crippen LogP contribution in [0.25, 0.3) is 0 Å². The molecule has 17 N–H and O–H groups in total. The average Bonchev–Trinajstić information content (AvgIpc) is 1.46. The van der Waals surface area contributed by atoms with Crippen molar-refractivity contribution < 1.29 is 141 Å². The fraction of sp³-hybridized carbons (Fsp3) is 0.495. The number of hydrogen-bond donors (Lipinski definition) is 17. The molecule has 0 radical (unpaired) electrons. The number of likely N-dealkylation sites (N-methyl/N-ethyl adjacent to an activating group) is 1. The van der Waals surface area contributed by atoms with Crippen molar-refractivity contribution in [2.75, 3.05) is 57.0 Å². The number of carbonyl (C=O) groups excluding carboxylic acids is 15. The molecule has 149 heavy (non-hydrogen) atoms. The van der Waals surface area contributed by atoms with Crippen LogP contribution in [0.1, 0.15) is 165 Å². The molecule has 0 bridgehead atoms. The van der Waals surface area contributed by atoms with Gasteiger partial charge in [0, 0.05) is 100 Å². The Kier molecular flexibility index (Phi) is 53.8. The number of phenolic OH excluding ortho intramolecular Hbond substituents is 4. The molecule has 1 aliphatic rings. The van der Waals surface area contributed by atoms with Crippen molar-refractivity contribution in [2.45, 2.75) is 231 Å². The van der Waals surface area contributed by atoms with E-state index in [-0.39, 0.29) is 166 Å². The van der Waals surface area contributed by atoms with Crippen LogP contribution >= 0.6 is 33.3 Å². The van der Waals surface area contributed by atoms with Crippen molar-refractivity contribution in [1.29, 1.82) is 0 Å². The highest BCUT2D eigenvalue weighted by Gasteiger charge is 2.40. The van der Waals surface area contributed by atoms with E-state index < -0.39 is 223 Å². The molecule has 1 saturated heterocycles. The first-order valence-corrected chi connectivity index (χ1v) is 52.8. The summed E-state index contributed by atoms with van der Waals surface area (Å²) in [6, 6.07) is 19.8. The highest BCUT2D eigenvalue weighted by Crippen LogP contribution is 2.32. The first-order chi connectivity index (χ1) is 70.7. The number of carboxylic acids is 4. The molecule has 810 valence electrons. The Morgan fingerprint density at radius 1 is 0.537 bits per heavy atom. The number of carbonyl (C=O) groups is 19. The minimum atomic E-state index is -2.35. The van der Waals surface area contributed by atoms with Crippen LogP contribution < -0.4 is 47.9 Å². The number of hydrogen-bond acceptors (Lipinski definition) is 31. The van der Waals surface area contributed by atoms with Crippen LogP contribution in [0.3, 0.4) is 0 Å². The third-order valence-corrected chi connectivity index (χ3v) is 27.5. The largest absolute Gasteiger partial charge is 0.508 e. The minimum Gasteiger partial charge on any atom is -0.508 e. The van der Waals surface area contributed by atoms with Crippen LogP contribution in [0.2, 0.25) is 0 Å². The van der Waals surface area contributed by atoms with Gasteiger partial charge in [-0.15, -0.1) is 5.10 Å². The van der Waals surface area contributed by atoms with Crippen LogP contribution in [0.15, 0.2) is 146 Å². The van der Waals surface area contributed by atoms with Crippen LogP contribution in [0.5, 0.6) is 23.0 Å². The van der Waals surface area contributed by atoms with Gasteiger partial charge in [-0.1, -0.05) is 152 Å². The zero-order valence-electron chi connectivity index (χ0n) is 85.0. The Bertz CT molecular complexity index is 5520. The van der Waals surface area contributed by atoms with E-state index in [1.165, 1.54) is 137 Å². The molecule has 0 aliphatic carbocycles. The SMILES string of the molecule is C=C(C[C@H](Cc1ccc(O)cc1)C(=O)N[C@H](CCSC)C(=O)C[C@H](CC(=O)O)C(=O)N[C@@H](C(=O)O)C(C)C)C1CSSCC(CC(=O)[C@@H](Cc2ccc(O)cc2)NC(=O)Cc2cn(CCOCCOCCCC(=O)[C@H](CC(=O)O)NC)nn2)C(=O)N[C@H](C(=O)O)C(=O)CCC(=O)N[C@@H](Cc2ccccc2)C(=O)N[C@H](Cc2ccc(O)cc2)C(=O)C[C@H](C)C(=O)N1.CC(=O)N[C@@H](Cc1ccc(O)cc1)C(=O)C[C@H](CC(C)C)C(C)=O. The topological polar surface area (TPSA) is 644 Å². The molecule has 2 heterocycles. The van der Waals surface area contributed by atoms with Crippen molar-refractivity contribution in [3.05, 3.63) is 179 Å². The number of amides is 8. The third kappa shape index (κ3) is 46.4. The lowest BCUT2D eigenvalue weighted by Crippen LogP contribution is -2.53. The van der Waals surface area contributed by atoms with Gasteiger partial charge in [-0.3, -0.25) is 81.5 Å². The van der Waals surface area contributed by atoms with Crippen molar-refractivity contribution in [3.63, 3.8) is 0 Å². The number of aromatic hydroxyl groups is 4.